The molecule has 0 heterocycles. The van der Waals surface area contributed by atoms with Crippen LogP contribution in [0.5, 0.6) is 5.75 Å². The van der Waals surface area contributed by atoms with Crippen molar-refractivity contribution in [3.05, 3.63) is 60.2 Å². The molecule has 1 aliphatic rings. The predicted octanol–water partition coefficient (Wildman–Crippen LogP) is 4.91. The Hall–Kier alpha value is -2.33. The fourth-order valence-corrected chi connectivity index (χ4v) is 4.71. The van der Waals surface area contributed by atoms with Crippen LogP contribution < -0.4 is 9.64 Å². The van der Waals surface area contributed by atoms with E-state index in [0.29, 0.717) is 12.0 Å². The molecule has 28 heavy (non-hydrogen) atoms. The number of carbonyl (C=O) groups excluding carboxylic acids is 1. The van der Waals surface area contributed by atoms with E-state index in [0.717, 1.165) is 37.1 Å². The van der Waals surface area contributed by atoms with Crippen LogP contribution in [0.4, 0.5) is 5.69 Å². The van der Waals surface area contributed by atoms with Crippen LogP contribution in [0.3, 0.4) is 0 Å². The second-order valence-electron chi connectivity index (χ2n) is 7.97. The summed E-state index contributed by atoms with van der Waals surface area (Å²) < 4.78 is 5.25. The summed E-state index contributed by atoms with van der Waals surface area (Å²) in [6.07, 6.45) is 4.32. The normalized spacial score (nSPS) is 20.6. The highest BCUT2D eigenvalue weighted by atomic mass is 16.5. The summed E-state index contributed by atoms with van der Waals surface area (Å²) in [4.78, 5) is 16.7. The van der Waals surface area contributed by atoms with E-state index < -0.39 is 0 Å². The molecule has 0 aromatic heterocycles. The van der Waals surface area contributed by atoms with Gasteiger partial charge in [-0.15, -0.1) is 0 Å². The van der Waals surface area contributed by atoms with Crippen LogP contribution in [0.2, 0.25) is 0 Å². The van der Waals surface area contributed by atoms with E-state index in [-0.39, 0.29) is 11.9 Å². The van der Waals surface area contributed by atoms with Gasteiger partial charge in [-0.3, -0.25) is 4.79 Å². The van der Waals surface area contributed by atoms with Gasteiger partial charge in [-0.2, -0.15) is 0 Å². The van der Waals surface area contributed by atoms with Gasteiger partial charge in [0.2, 0.25) is 5.91 Å². The molecule has 1 saturated carbocycles. The summed E-state index contributed by atoms with van der Waals surface area (Å²) in [6, 6.07) is 19.3. The number of rotatable bonds is 6. The van der Waals surface area contributed by atoms with Crippen molar-refractivity contribution in [1.29, 1.82) is 0 Å². The zero-order valence-electron chi connectivity index (χ0n) is 17.5. The maximum atomic E-state index is 12.4. The lowest BCUT2D eigenvalue weighted by atomic mass is 9.78. The van der Waals surface area contributed by atoms with Gasteiger partial charge in [-0.25, -0.2) is 0 Å². The molecule has 1 aliphatic carbocycles. The molecule has 0 aliphatic heterocycles. The van der Waals surface area contributed by atoms with Gasteiger partial charge in [0, 0.05) is 24.7 Å². The SMILES string of the molecule is COc1ccc(N(C(C)=O)C2CCC(C(c3ccccc3)N(C)C)CC2)cc1. The average Bonchev–Trinajstić information content (AvgIpc) is 2.70. The van der Waals surface area contributed by atoms with Crippen molar-refractivity contribution >= 4 is 11.6 Å². The number of methoxy groups -OCH3 is 1. The number of ether oxygens (including phenoxy) is 1. The largest absolute Gasteiger partial charge is 0.497 e. The van der Waals surface area contributed by atoms with Crippen molar-refractivity contribution in [3.63, 3.8) is 0 Å². The summed E-state index contributed by atoms with van der Waals surface area (Å²) in [5.41, 5.74) is 2.35. The van der Waals surface area contributed by atoms with E-state index in [4.69, 9.17) is 4.74 Å². The molecule has 4 heteroatoms. The van der Waals surface area contributed by atoms with Crippen LogP contribution in [0.25, 0.3) is 0 Å². The highest BCUT2D eigenvalue weighted by Gasteiger charge is 2.33. The lowest BCUT2D eigenvalue weighted by Crippen LogP contribution is -2.42. The Morgan fingerprint density at radius 3 is 2.07 bits per heavy atom. The first-order valence-corrected chi connectivity index (χ1v) is 10.2. The van der Waals surface area contributed by atoms with E-state index in [1.165, 1.54) is 5.56 Å². The third-order valence-corrected chi connectivity index (χ3v) is 5.94. The van der Waals surface area contributed by atoms with Crippen molar-refractivity contribution in [1.82, 2.24) is 4.90 Å². The van der Waals surface area contributed by atoms with Gasteiger partial charge in [0.25, 0.3) is 0 Å². The molecular weight excluding hydrogens is 348 g/mol. The molecule has 1 atom stereocenters. The second-order valence-corrected chi connectivity index (χ2v) is 7.97. The predicted molar refractivity (Wildman–Crippen MR) is 115 cm³/mol. The maximum Gasteiger partial charge on any atom is 0.224 e. The van der Waals surface area contributed by atoms with Gasteiger partial charge >= 0.3 is 0 Å². The zero-order valence-corrected chi connectivity index (χ0v) is 17.5. The Morgan fingerprint density at radius 2 is 1.57 bits per heavy atom. The van der Waals surface area contributed by atoms with Gasteiger partial charge in [0.05, 0.1) is 7.11 Å². The van der Waals surface area contributed by atoms with Gasteiger partial charge in [0.15, 0.2) is 0 Å². The quantitative estimate of drug-likeness (QED) is 0.714. The minimum Gasteiger partial charge on any atom is -0.497 e. The first-order chi connectivity index (χ1) is 13.5. The van der Waals surface area contributed by atoms with E-state index in [2.05, 4.69) is 49.3 Å². The summed E-state index contributed by atoms with van der Waals surface area (Å²) in [7, 11) is 6.00. The minimum absolute atomic E-state index is 0.112. The minimum atomic E-state index is 0.112. The second kappa shape index (κ2) is 9.24. The van der Waals surface area contributed by atoms with Crippen molar-refractivity contribution < 1.29 is 9.53 Å². The molecule has 2 aromatic rings. The molecule has 0 saturated heterocycles. The number of nitrogens with zero attached hydrogens (tertiary/aromatic N) is 2. The van der Waals surface area contributed by atoms with Gasteiger partial charge in [-0.05, 0) is 75.5 Å². The summed E-state index contributed by atoms with van der Waals surface area (Å²) in [6.45, 7) is 1.67. The highest BCUT2D eigenvalue weighted by Crippen LogP contribution is 2.39. The molecule has 1 amide bonds. The smallest absolute Gasteiger partial charge is 0.224 e. The number of benzene rings is 2. The lowest BCUT2D eigenvalue weighted by Gasteiger charge is -2.41. The summed E-state index contributed by atoms with van der Waals surface area (Å²) in [5, 5.41) is 0. The Labute approximate surface area is 169 Å². The molecule has 1 unspecified atom stereocenters. The van der Waals surface area contributed by atoms with Crippen molar-refractivity contribution in [3.8, 4) is 5.75 Å². The van der Waals surface area contributed by atoms with Crippen LogP contribution in [0.1, 0.15) is 44.2 Å². The lowest BCUT2D eigenvalue weighted by molar-refractivity contribution is -0.117. The number of hydrogen-bond acceptors (Lipinski definition) is 3. The topological polar surface area (TPSA) is 32.8 Å². The van der Waals surface area contributed by atoms with Gasteiger partial charge < -0.3 is 14.5 Å². The Kier molecular flexibility index (Phi) is 6.74. The van der Waals surface area contributed by atoms with Crippen molar-refractivity contribution in [2.45, 2.75) is 44.7 Å². The molecule has 4 nitrogen and oxygen atoms in total. The van der Waals surface area contributed by atoms with Gasteiger partial charge in [0.1, 0.15) is 5.75 Å². The van der Waals surface area contributed by atoms with Crippen LogP contribution in [-0.2, 0) is 4.79 Å². The van der Waals surface area contributed by atoms with Crippen molar-refractivity contribution in [2.75, 3.05) is 26.1 Å². The number of hydrogen-bond donors (Lipinski definition) is 0. The van der Waals surface area contributed by atoms with E-state index >= 15 is 0 Å². The van der Waals surface area contributed by atoms with E-state index in [9.17, 15) is 4.79 Å². The third-order valence-electron chi connectivity index (χ3n) is 5.94. The molecule has 150 valence electrons. The van der Waals surface area contributed by atoms with E-state index in [1.54, 1.807) is 14.0 Å². The molecule has 2 aromatic carbocycles. The Morgan fingerprint density at radius 1 is 0.964 bits per heavy atom. The third kappa shape index (κ3) is 4.56. The molecule has 0 bridgehead atoms. The molecule has 1 fully saturated rings. The number of carbonyl (C=O) groups is 1. The fraction of sp³-hybridized carbons (Fsp3) is 0.458. The molecule has 0 N–H and O–H groups in total. The summed E-state index contributed by atoms with van der Waals surface area (Å²) in [5.74, 6) is 1.53. The molecule has 0 spiro atoms. The number of anilines is 1. The molecular formula is C24H32N2O2. The zero-order chi connectivity index (χ0) is 20.1. The van der Waals surface area contributed by atoms with Crippen LogP contribution in [0, 0.1) is 5.92 Å². The molecule has 0 radical (unpaired) electrons. The van der Waals surface area contributed by atoms with Crippen LogP contribution in [0.15, 0.2) is 54.6 Å². The summed E-state index contributed by atoms with van der Waals surface area (Å²) >= 11 is 0. The monoisotopic (exact) mass is 380 g/mol. The Bertz CT molecular complexity index is 750. The first-order valence-electron chi connectivity index (χ1n) is 10.2. The number of amides is 1. The van der Waals surface area contributed by atoms with Crippen LogP contribution in [-0.4, -0.2) is 38.1 Å². The standard InChI is InChI=1S/C24H32N2O2/c1-18(27)26(22-14-16-23(28-4)17-15-22)21-12-10-20(11-13-21)24(25(2)3)19-8-6-5-7-9-19/h5-9,14-17,20-21,24H,10-13H2,1-4H3. The Balaban J connectivity index is 1.72. The molecule has 3 rings (SSSR count). The maximum absolute atomic E-state index is 12.4. The highest BCUT2D eigenvalue weighted by molar-refractivity contribution is 5.92. The fourth-order valence-electron chi connectivity index (χ4n) is 4.71. The van der Waals surface area contributed by atoms with Crippen molar-refractivity contribution in [2.24, 2.45) is 5.92 Å². The first kappa shape index (κ1) is 20.4. The van der Waals surface area contributed by atoms with Gasteiger partial charge in [-0.1, -0.05) is 30.3 Å². The van der Waals surface area contributed by atoms with E-state index in [1.807, 2.05) is 29.2 Å². The average molecular weight is 381 g/mol. The van der Waals surface area contributed by atoms with Crippen LogP contribution >= 0.6 is 0 Å².